The summed E-state index contributed by atoms with van der Waals surface area (Å²) in [5.41, 5.74) is 10.5. The molecule has 3 aromatic heterocycles. The van der Waals surface area contributed by atoms with Crippen LogP contribution in [-0.4, -0.2) is 24.9 Å². The molecule has 0 aliphatic rings. The number of aromatic nitrogens is 5. The molecule has 3 heterocycles. The van der Waals surface area contributed by atoms with E-state index in [1.807, 2.05) is 18.3 Å². The van der Waals surface area contributed by atoms with Gasteiger partial charge in [-0.3, -0.25) is 0 Å². The molecular formula is C43H27N5S. The van der Waals surface area contributed by atoms with Crippen LogP contribution in [0.25, 0.3) is 87.8 Å². The maximum Gasteiger partial charge on any atom is 0.164 e. The van der Waals surface area contributed by atoms with Gasteiger partial charge in [-0.05, 0) is 45.5 Å². The van der Waals surface area contributed by atoms with Gasteiger partial charge in [0.15, 0.2) is 17.5 Å². The third-order valence-corrected chi connectivity index (χ3v) is 9.87. The lowest BCUT2D eigenvalue weighted by atomic mass is 10.0. The molecule has 0 radical (unpaired) electrons. The van der Waals surface area contributed by atoms with E-state index in [4.69, 9.17) is 15.0 Å². The van der Waals surface area contributed by atoms with Gasteiger partial charge in [-0.2, -0.15) is 0 Å². The van der Waals surface area contributed by atoms with Crippen LogP contribution >= 0.6 is 11.3 Å². The van der Waals surface area contributed by atoms with Crippen molar-refractivity contribution in [3.05, 3.63) is 164 Å². The van der Waals surface area contributed by atoms with Crippen molar-refractivity contribution in [1.82, 2.24) is 24.9 Å². The van der Waals surface area contributed by atoms with E-state index < -0.39 is 0 Å². The summed E-state index contributed by atoms with van der Waals surface area (Å²) in [6.07, 6.45) is 3.50. The molecule has 6 heteroatoms. The lowest BCUT2D eigenvalue weighted by Crippen LogP contribution is -2.00. The zero-order valence-electron chi connectivity index (χ0n) is 26.2. The van der Waals surface area contributed by atoms with E-state index >= 15 is 0 Å². The predicted octanol–water partition coefficient (Wildman–Crippen LogP) is 11.0. The van der Waals surface area contributed by atoms with Crippen LogP contribution in [0, 0.1) is 0 Å². The standard InChI is InChI=1S/C43H27N5S/c1-3-10-28(11-4-1)30-20-22-31(23-21-30)41-46-42(34-16-7-14-32(24-34)29-12-5-2-6-13-29)48-43(47-41)35-17-8-15-33(25-35)36-18-9-19-37-39-38(49-40(36)37)26-44-27-45-39/h1-27H. The van der Waals surface area contributed by atoms with Gasteiger partial charge in [0.25, 0.3) is 0 Å². The van der Waals surface area contributed by atoms with Crippen LogP contribution in [0.4, 0.5) is 0 Å². The third kappa shape index (κ3) is 5.54. The Morgan fingerprint density at radius 2 is 0.918 bits per heavy atom. The van der Waals surface area contributed by atoms with E-state index in [0.29, 0.717) is 17.5 Å². The highest BCUT2D eigenvalue weighted by Gasteiger charge is 2.16. The molecule has 0 unspecified atom stereocenters. The van der Waals surface area contributed by atoms with Crippen molar-refractivity contribution in [3.8, 4) is 67.5 Å². The van der Waals surface area contributed by atoms with Gasteiger partial charge >= 0.3 is 0 Å². The van der Waals surface area contributed by atoms with Gasteiger partial charge in [0.1, 0.15) is 6.33 Å². The minimum absolute atomic E-state index is 0.619. The molecule has 9 rings (SSSR count). The van der Waals surface area contributed by atoms with Gasteiger partial charge in [0, 0.05) is 33.0 Å². The smallest absolute Gasteiger partial charge is 0.164 e. The third-order valence-electron chi connectivity index (χ3n) is 8.71. The quantitative estimate of drug-likeness (QED) is 0.180. The summed E-state index contributed by atoms with van der Waals surface area (Å²) < 4.78 is 2.26. The SMILES string of the molecule is c1ccc(-c2ccc(-c3nc(-c4cccc(-c5ccccc5)c4)nc(-c4cccc(-c5cccc6c5sc5cncnc56)c4)n3)cc2)cc1. The Bertz CT molecular complexity index is 2600. The molecule has 0 aliphatic carbocycles. The van der Waals surface area contributed by atoms with E-state index in [1.54, 1.807) is 17.7 Å². The molecule has 0 saturated heterocycles. The highest BCUT2D eigenvalue weighted by molar-refractivity contribution is 7.26. The Morgan fingerprint density at radius 1 is 0.408 bits per heavy atom. The van der Waals surface area contributed by atoms with Crippen molar-refractivity contribution in [1.29, 1.82) is 0 Å². The van der Waals surface area contributed by atoms with Crippen molar-refractivity contribution in [2.45, 2.75) is 0 Å². The second-order valence-electron chi connectivity index (χ2n) is 11.8. The first-order valence-electron chi connectivity index (χ1n) is 16.1. The van der Waals surface area contributed by atoms with Gasteiger partial charge in [0.05, 0.1) is 10.2 Å². The molecule has 230 valence electrons. The van der Waals surface area contributed by atoms with Gasteiger partial charge in [-0.1, -0.05) is 140 Å². The fourth-order valence-corrected chi connectivity index (χ4v) is 7.43. The summed E-state index contributed by atoms with van der Waals surface area (Å²) in [5, 5.41) is 1.13. The highest BCUT2D eigenvalue weighted by Crippen LogP contribution is 2.39. The van der Waals surface area contributed by atoms with Crippen molar-refractivity contribution in [2.24, 2.45) is 0 Å². The monoisotopic (exact) mass is 645 g/mol. The predicted molar refractivity (Wildman–Crippen MR) is 201 cm³/mol. The van der Waals surface area contributed by atoms with Crippen molar-refractivity contribution in [2.75, 3.05) is 0 Å². The van der Waals surface area contributed by atoms with Crippen LogP contribution in [0.1, 0.15) is 0 Å². The van der Waals surface area contributed by atoms with Crippen molar-refractivity contribution < 1.29 is 0 Å². The topological polar surface area (TPSA) is 64.5 Å². The average Bonchev–Trinajstić information content (AvgIpc) is 3.58. The minimum atomic E-state index is 0.619. The van der Waals surface area contributed by atoms with Gasteiger partial charge in [0.2, 0.25) is 0 Å². The van der Waals surface area contributed by atoms with Gasteiger partial charge in [-0.25, -0.2) is 24.9 Å². The maximum atomic E-state index is 5.09. The molecule has 9 aromatic rings. The van der Waals surface area contributed by atoms with Gasteiger partial charge in [-0.15, -0.1) is 11.3 Å². The molecule has 0 fully saturated rings. The van der Waals surface area contributed by atoms with E-state index in [2.05, 4.69) is 149 Å². The van der Waals surface area contributed by atoms with E-state index in [0.717, 1.165) is 60.1 Å². The summed E-state index contributed by atoms with van der Waals surface area (Å²) in [6.45, 7) is 0. The first kappa shape index (κ1) is 28.8. The summed E-state index contributed by atoms with van der Waals surface area (Å²) in [5.74, 6) is 1.87. The number of nitrogens with zero attached hydrogens (tertiary/aromatic N) is 5. The fourth-order valence-electron chi connectivity index (χ4n) is 6.26. The summed E-state index contributed by atoms with van der Waals surface area (Å²) in [4.78, 5) is 24.0. The molecule has 0 N–H and O–H groups in total. The second kappa shape index (κ2) is 12.3. The van der Waals surface area contributed by atoms with Crippen LogP contribution in [0.5, 0.6) is 0 Å². The number of benzene rings is 6. The van der Waals surface area contributed by atoms with Crippen LogP contribution < -0.4 is 0 Å². The van der Waals surface area contributed by atoms with Crippen LogP contribution in [0.15, 0.2) is 164 Å². The molecule has 49 heavy (non-hydrogen) atoms. The van der Waals surface area contributed by atoms with E-state index in [1.165, 1.54) is 10.3 Å². The number of hydrogen-bond donors (Lipinski definition) is 0. The Morgan fingerprint density at radius 3 is 1.61 bits per heavy atom. The molecular weight excluding hydrogens is 619 g/mol. The number of thiophene rings is 1. The summed E-state index contributed by atoms with van der Waals surface area (Å²) in [6, 6.07) is 52.4. The molecule has 6 aromatic carbocycles. The molecule has 0 spiro atoms. The van der Waals surface area contributed by atoms with E-state index in [9.17, 15) is 0 Å². The molecule has 0 saturated carbocycles. The Labute approximate surface area is 287 Å². The number of hydrogen-bond acceptors (Lipinski definition) is 6. The fraction of sp³-hybridized carbons (Fsp3) is 0. The number of fused-ring (bicyclic) bond motifs is 3. The zero-order chi connectivity index (χ0) is 32.6. The highest BCUT2D eigenvalue weighted by atomic mass is 32.1. The largest absolute Gasteiger partial charge is 0.243 e. The Balaban J connectivity index is 1.18. The lowest BCUT2D eigenvalue weighted by Gasteiger charge is -2.11. The Hall–Kier alpha value is -6.37. The zero-order valence-corrected chi connectivity index (χ0v) is 27.0. The van der Waals surface area contributed by atoms with E-state index in [-0.39, 0.29) is 0 Å². The van der Waals surface area contributed by atoms with Crippen LogP contribution in [0.2, 0.25) is 0 Å². The maximum absolute atomic E-state index is 5.09. The number of rotatable bonds is 6. The van der Waals surface area contributed by atoms with Crippen molar-refractivity contribution in [3.63, 3.8) is 0 Å². The summed E-state index contributed by atoms with van der Waals surface area (Å²) in [7, 11) is 0. The molecule has 0 atom stereocenters. The van der Waals surface area contributed by atoms with Crippen LogP contribution in [0.3, 0.4) is 0 Å². The lowest BCUT2D eigenvalue weighted by molar-refractivity contribution is 1.07. The molecule has 0 aliphatic heterocycles. The molecule has 0 amide bonds. The first-order chi connectivity index (χ1) is 24.3. The van der Waals surface area contributed by atoms with Crippen LogP contribution in [-0.2, 0) is 0 Å². The first-order valence-corrected chi connectivity index (χ1v) is 16.9. The molecule has 5 nitrogen and oxygen atoms in total. The van der Waals surface area contributed by atoms with Gasteiger partial charge < -0.3 is 0 Å². The Kier molecular flexibility index (Phi) is 7.26. The normalized spacial score (nSPS) is 11.3. The second-order valence-corrected chi connectivity index (χ2v) is 12.8. The summed E-state index contributed by atoms with van der Waals surface area (Å²) >= 11 is 1.72. The van der Waals surface area contributed by atoms with Crippen molar-refractivity contribution >= 4 is 31.6 Å². The average molecular weight is 646 g/mol. The minimum Gasteiger partial charge on any atom is -0.243 e. The molecule has 0 bridgehead atoms.